The van der Waals surface area contributed by atoms with Gasteiger partial charge in [0.2, 0.25) is 0 Å². The Balaban J connectivity index is 0.000000131. The first-order valence-electron chi connectivity index (χ1n) is 47.1. The number of H-pyrrole nitrogens is 4. The molecule has 4 aliphatic heterocycles. The Bertz CT molecular complexity index is 7040. The molecule has 0 bridgehead atoms. The third-order valence-electron chi connectivity index (χ3n) is 25.3. The average Bonchev–Trinajstić information content (AvgIpc) is 1.61. The lowest BCUT2D eigenvalue weighted by Gasteiger charge is -2.35. The van der Waals surface area contributed by atoms with Crippen LogP contribution in [0, 0.1) is 19.3 Å². The third-order valence-corrected chi connectivity index (χ3v) is 27.3. The lowest BCUT2D eigenvalue weighted by atomic mass is 9.92. The molecule has 0 fully saturated rings. The molecule has 10 aromatic carbocycles. The van der Waals surface area contributed by atoms with E-state index in [2.05, 4.69) is 35.8 Å². The summed E-state index contributed by atoms with van der Waals surface area (Å²) in [5.74, 6) is 7.51. The maximum Gasteiger partial charge on any atom is 0.416 e. The van der Waals surface area contributed by atoms with E-state index in [9.17, 15) is 19.2 Å². The molecule has 732 valence electrons. The fourth-order valence-electron chi connectivity index (χ4n) is 18.5. The molecule has 32 heteroatoms. The molecule has 6 aromatic heterocycles. The lowest BCUT2D eigenvalue weighted by molar-refractivity contribution is 0.0831. The number of carbonyl (C=O) groups is 4. The number of nitrogens with zero attached hydrogens (tertiary/aromatic N) is 8. The van der Waals surface area contributed by atoms with Crippen LogP contribution in [0.2, 0.25) is 25.1 Å². The number of terminal acetylenes is 1. The molecule has 4 aliphatic rings. The molecule has 4 atom stereocenters. The van der Waals surface area contributed by atoms with Gasteiger partial charge in [0.05, 0.1) is 45.0 Å². The number of nitrogens with one attached hydrogen (secondary N) is 4. The number of amides is 4. The van der Waals surface area contributed by atoms with Crippen molar-refractivity contribution < 1.29 is 57.1 Å². The van der Waals surface area contributed by atoms with E-state index in [0.29, 0.717) is 127 Å². The summed E-state index contributed by atoms with van der Waals surface area (Å²) < 4.78 is 49.8. The van der Waals surface area contributed by atoms with Gasteiger partial charge in [-0.15, -0.1) is 47.1 Å². The van der Waals surface area contributed by atoms with E-state index in [0.717, 1.165) is 167 Å². The van der Waals surface area contributed by atoms with E-state index < -0.39 is 6.09 Å². The summed E-state index contributed by atoms with van der Waals surface area (Å²) >= 11 is 48.6. The number of aromatic amines is 4. The number of alkyl halides is 3. The molecule has 4 N–H and O–H groups in total. The molecule has 142 heavy (non-hydrogen) atoms. The van der Waals surface area contributed by atoms with E-state index >= 15 is 0 Å². The third kappa shape index (κ3) is 24.3. The number of hydrogen-bond donors (Lipinski definition) is 4. The second-order valence-corrected chi connectivity index (χ2v) is 37.8. The van der Waals surface area contributed by atoms with Crippen LogP contribution >= 0.6 is 92.8 Å². The Morgan fingerprint density at radius 3 is 1.04 bits per heavy atom. The maximum atomic E-state index is 13.5. The minimum atomic E-state index is -0.396. The van der Waals surface area contributed by atoms with E-state index in [-0.39, 0.29) is 68.1 Å². The Morgan fingerprint density at radius 1 is 0.380 bits per heavy atom. The first-order chi connectivity index (χ1) is 69.3. The normalized spacial score (nSPS) is 15.1. The monoisotopic (exact) mass is 2060 g/mol. The molecule has 24 nitrogen and oxygen atoms in total. The summed E-state index contributed by atoms with van der Waals surface area (Å²) in [6.07, 6.45) is 21.3. The molecule has 0 saturated heterocycles. The van der Waals surface area contributed by atoms with Crippen molar-refractivity contribution in [3.05, 3.63) is 359 Å². The molecule has 0 radical (unpaired) electrons. The largest absolute Gasteiger partial charge is 0.494 e. The van der Waals surface area contributed by atoms with Crippen molar-refractivity contribution in [3.8, 4) is 41.1 Å². The summed E-state index contributed by atoms with van der Waals surface area (Å²) in [5.41, 5.74) is 18.3. The predicted molar refractivity (Wildman–Crippen MR) is 560 cm³/mol. The zero-order valence-corrected chi connectivity index (χ0v) is 83.9. The van der Waals surface area contributed by atoms with Crippen molar-refractivity contribution in [1.29, 1.82) is 0 Å². The summed E-state index contributed by atoms with van der Waals surface area (Å²) in [5, 5.41) is 7.65. The lowest BCUT2D eigenvalue weighted by Crippen LogP contribution is -2.42. The zero-order chi connectivity index (χ0) is 98.5. The molecule has 10 heterocycles. The standard InChI is InChI=1S/C31H28Cl2N4O3.C31H29ClN4O3.C25H24Cl2N2O3.C23H23Cl3N2O3/c32-23-8-11-28-26(18-23)25-12-15-37(31(38)40-19-22-4-1-2-5-27(22)33)30(29(25)35-28)21-6-9-24(10-7-21)39-17-3-14-36-16-13-34-20-36;1-21-3-8-25(9-4-21)39-31(37)36-16-13-26-27-19-23(32)7-12-28(27)34-29(26)30(36)22-5-10-24(11-6-22)38-18-2-15-35-17-14-33-20-35;1-2-3-14-32-25(30)29-13-11-20-21-16-18(27)7-10-22(21)28-23(20)24(29)17-5-8-19(9-6-17)31-15-4-12-26;24-9-1-12-30-17-5-2-15(3-6-17)22-21-18(8-11-28(22)23(29)31-13-10-25)19-14-16(26)4-7-20(19)27-21/h1-2,4-11,13,16,18,20,30,35H,3,12,14-15,17,19H2;3-12,14,17,19-20,30,34H,2,13,15-16,18H2,1H3;1,5-10,16,24,28H,3-4,11-15H2;2-7,14,22,27H,1,8-13H2. The maximum absolute atomic E-state index is 13.5. The van der Waals surface area contributed by atoms with Crippen molar-refractivity contribution in [3.63, 3.8) is 0 Å². The van der Waals surface area contributed by atoms with E-state index in [1.54, 1.807) is 50.7 Å². The van der Waals surface area contributed by atoms with Crippen LogP contribution in [0.5, 0.6) is 28.7 Å². The molecule has 0 spiro atoms. The number of rotatable bonds is 29. The number of fused-ring (bicyclic) bond motifs is 12. The van der Waals surface area contributed by atoms with Crippen LogP contribution in [0.25, 0.3) is 43.6 Å². The van der Waals surface area contributed by atoms with Crippen LogP contribution in [-0.4, -0.2) is 166 Å². The van der Waals surface area contributed by atoms with Gasteiger partial charge in [-0.3, -0.25) is 19.6 Å². The van der Waals surface area contributed by atoms with Crippen LogP contribution in [-0.2, 0) is 59.6 Å². The number of benzene rings is 10. The highest BCUT2D eigenvalue weighted by molar-refractivity contribution is 6.33. The molecule has 4 amide bonds. The number of ether oxygens (including phenoxy) is 8. The molecular weight excluding hydrogens is 1960 g/mol. The number of aromatic nitrogens is 8. The first kappa shape index (κ1) is 100. The minimum Gasteiger partial charge on any atom is -0.494 e. The average molecular weight is 2070 g/mol. The second kappa shape index (κ2) is 48.1. The van der Waals surface area contributed by atoms with Crippen LogP contribution in [0.15, 0.2) is 256 Å². The van der Waals surface area contributed by atoms with Gasteiger partial charge < -0.3 is 67.0 Å². The molecular formula is C110H104Cl8N12O12. The highest BCUT2D eigenvalue weighted by Gasteiger charge is 2.41. The van der Waals surface area contributed by atoms with Crippen molar-refractivity contribution >= 4 is 161 Å². The van der Waals surface area contributed by atoms with Gasteiger partial charge in [-0.1, -0.05) is 142 Å². The fourth-order valence-corrected chi connectivity index (χ4v) is 19.7. The topological polar surface area (TPSA) is 254 Å². The van der Waals surface area contributed by atoms with Crippen LogP contribution < -0.4 is 23.7 Å². The van der Waals surface area contributed by atoms with Crippen LogP contribution in [0.1, 0.15) is 135 Å². The van der Waals surface area contributed by atoms with Gasteiger partial charge in [0, 0.05) is 179 Å². The first-order valence-corrected chi connectivity index (χ1v) is 50.6. The summed E-state index contributed by atoms with van der Waals surface area (Å²) in [4.78, 5) is 82.1. The van der Waals surface area contributed by atoms with E-state index in [1.165, 1.54) is 16.7 Å². The SMILES string of the molecule is C#CCCOC(=O)N1CCc2c([nH]c3ccc(Cl)cc23)C1c1ccc(OCCCCl)cc1.Cc1ccc(OC(=O)N2CCc3c([nH]c4ccc(Cl)cc34)C2c2ccc(OCCCn3ccnc3)cc2)cc1.O=C(OCCCl)N1CCc2c([nH]c3ccc(Cl)cc23)C1c1ccc(OCCCCl)cc1.O=C(OCc1ccccc1Cl)N1CCc2c([nH]c3ccc(Cl)cc23)C1c1ccc(OCCCn2ccnc2)cc1. The van der Waals surface area contributed by atoms with E-state index in [1.807, 2.05) is 241 Å². The number of imidazole rings is 2. The van der Waals surface area contributed by atoms with E-state index in [4.69, 9.17) is 137 Å². The van der Waals surface area contributed by atoms with Gasteiger partial charge in [-0.2, -0.15) is 0 Å². The number of carbonyl (C=O) groups excluding carboxylic acids is 4. The Labute approximate surface area is 862 Å². The van der Waals surface area contributed by atoms with Crippen LogP contribution in [0.4, 0.5) is 19.2 Å². The molecule has 20 rings (SSSR count). The second-order valence-electron chi connectivity index (χ2n) is 34.5. The van der Waals surface area contributed by atoms with Gasteiger partial charge >= 0.3 is 24.4 Å². The highest BCUT2D eigenvalue weighted by atomic mass is 35.5. The van der Waals surface area contributed by atoms with Gasteiger partial charge in [0.15, 0.2) is 0 Å². The summed E-state index contributed by atoms with van der Waals surface area (Å²) in [6.45, 7) is 8.58. The Morgan fingerprint density at radius 2 is 0.711 bits per heavy atom. The molecule has 0 aliphatic carbocycles. The molecule has 0 saturated carbocycles. The van der Waals surface area contributed by atoms with Crippen LogP contribution in [0.3, 0.4) is 0 Å². The minimum absolute atomic E-state index is 0.0999. The smallest absolute Gasteiger partial charge is 0.416 e. The number of aryl methyl sites for hydroxylation is 3. The predicted octanol–water partition coefficient (Wildman–Crippen LogP) is 26.5. The van der Waals surface area contributed by atoms with Crippen molar-refractivity contribution in [2.24, 2.45) is 0 Å². The van der Waals surface area contributed by atoms with Crippen molar-refractivity contribution in [2.45, 2.75) is 109 Å². The van der Waals surface area contributed by atoms with Gasteiger partial charge in [0.25, 0.3) is 0 Å². The summed E-state index contributed by atoms with van der Waals surface area (Å²) in [6, 6.07) is 68.3. The fraction of sp³-hybridized carbons (Fsp3) is 0.273. The number of halogens is 8. The van der Waals surface area contributed by atoms with Gasteiger partial charge in [-0.25, -0.2) is 29.1 Å². The molecule has 4 unspecified atom stereocenters. The molecule has 16 aromatic rings. The zero-order valence-electron chi connectivity index (χ0n) is 77.8. The number of hydrogen-bond acceptors (Lipinski definition) is 14. The van der Waals surface area contributed by atoms with Crippen molar-refractivity contribution in [2.75, 3.05) is 83.5 Å². The van der Waals surface area contributed by atoms with Crippen molar-refractivity contribution in [1.82, 2.24) is 58.6 Å². The quantitative estimate of drug-likeness (QED) is 0.0147. The van der Waals surface area contributed by atoms with Gasteiger partial charge in [-0.05, 0) is 242 Å². The Hall–Kier alpha value is -13.1. The Kier molecular flexibility index (Phi) is 34.1. The van der Waals surface area contributed by atoms with Gasteiger partial charge in [0.1, 0.15) is 72.7 Å². The summed E-state index contributed by atoms with van der Waals surface area (Å²) in [7, 11) is 0. The highest BCUT2D eigenvalue weighted by Crippen LogP contribution is 2.46.